The number of pyridine rings is 1. The summed E-state index contributed by atoms with van der Waals surface area (Å²) in [6.45, 7) is 12.4. The number of nitrogens with zero attached hydrogens (tertiary/aromatic N) is 1. The molecule has 3 aromatic carbocycles. The number of anilines is 1. The summed E-state index contributed by atoms with van der Waals surface area (Å²) in [7, 11) is 0. The number of halogens is 1. The van der Waals surface area contributed by atoms with Crippen LogP contribution in [0.3, 0.4) is 0 Å². The molecule has 0 radical (unpaired) electrons. The Bertz CT molecular complexity index is 1560. The van der Waals surface area contributed by atoms with Crippen LogP contribution in [0.2, 0.25) is 5.02 Å². The molecule has 0 saturated carbocycles. The van der Waals surface area contributed by atoms with Gasteiger partial charge in [0.15, 0.2) is 5.60 Å². The molecular formula is C32H33ClN2O3. The van der Waals surface area contributed by atoms with Crippen LogP contribution < -0.4 is 14.8 Å². The van der Waals surface area contributed by atoms with Crippen LogP contribution in [0.1, 0.15) is 52.4 Å². The van der Waals surface area contributed by atoms with E-state index in [4.69, 9.17) is 26.1 Å². The van der Waals surface area contributed by atoms with Gasteiger partial charge in [0.2, 0.25) is 0 Å². The minimum atomic E-state index is -0.968. The Morgan fingerprint density at radius 1 is 1.03 bits per heavy atom. The highest BCUT2D eigenvalue weighted by Gasteiger charge is 2.41. The summed E-state index contributed by atoms with van der Waals surface area (Å²) in [4.78, 5) is 18.2. The van der Waals surface area contributed by atoms with E-state index in [-0.39, 0.29) is 5.91 Å². The minimum absolute atomic E-state index is 0.127. The Morgan fingerprint density at radius 2 is 1.74 bits per heavy atom. The molecule has 2 heterocycles. The molecule has 5 rings (SSSR count). The van der Waals surface area contributed by atoms with Gasteiger partial charge in [-0.15, -0.1) is 0 Å². The molecule has 0 saturated heterocycles. The van der Waals surface area contributed by atoms with E-state index in [0.717, 1.165) is 73.6 Å². The molecular weight excluding hydrogens is 496 g/mol. The minimum Gasteiger partial charge on any atom is -0.487 e. The van der Waals surface area contributed by atoms with Gasteiger partial charge in [0.05, 0.1) is 11.2 Å². The Kier molecular flexibility index (Phi) is 6.83. The van der Waals surface area contributed by atoms with Gasteiger partial charge in [0, 0.05) is 28.1 Å². The fourth-order valence-corrected chi connectivity index (χ4v) is 5.39. The number of benzene rings is 3. The first-order chi connectivity index (χ1) is 18.1. The van der Waals surface area contributed by atoms with Crippen molar-refractivity contribution < 1.29 is 14.3 Å². The molecule has 4 aromatic rings. The molecule has 1 aliphatic heterocycles. The number of rotatable bonds is 5. The van der Waals surface area contributed by atoms with Gasteiger partial charge in [-0.2, -0.15) is 0 Å². The molecule has 38 heavy (non-hydrogen) atoms. The first-order valence-electron chi connectivity index (χ1n) is 12.9. The molecule has 5 nitrogen and oxygen atoms in total. The molecule has 1 aliphatic rings. The topological polar surface area (TPSA) is 60.5 Å². The molecule has 1 amide bonds. The normalized spacial score (nSPS) is 16.6. The van der Waals surface area contributed by atoms with E-state index in [1.54, 1.807) is 0 Å². The fraction of sp³-hybridized carbons (Fsp3) is 0.312. The Balaban J connectivity index is 1.39. The zero-order valence-electron chi connectivity index (χ0n) is 22.8. The predicted octanol–water partition coefficient (Wildman–Crippen LogP) is 7.73. The number of aryl methyl sites for hydroxylation is 2. The van der Waals surface area contributed by atoms with Gasteiger partial charge in [-0.1, -0.05) is 41.9 Å². The number of fused-ring (bicyclic) bond motifs is 2. The average Bonchev–Trinajstić information content (AvgIpc) is 2.89. The van der Waals surface area contributed by atoms with E-state index in [1.807, 2.05) is 83.1 Å². The maximum absolute atomic E-state index is 13.4. The number of hydrogen-bond donors (Lipinski definition) is 1. The van der Waals surface area contributed by atoms with Crippen LogP contribution in [-0.4, -0.2) is 16.5 Å². The average molecular weight is 529 g/mol. The summed E-state index contributed by atoms with van der Waals surface area (Å²) in [5.74, 6) is 1.51. The fourth-order valence-electron chi connectivity index (χ4n) is 5.23. The van der Waals surface area contributed by atoms with Gasteiger partial charge >= 0.3 is 0 Å². The zero-order valence-corrected chi connectivity index (χ0v) is 23.5. The lowest BCUT2D eigenvalue weighted by Gasteiger charge is -2.37. The van der Waals surface area contributed by atoms with Crippen LogP contribution in [-0.2, 0) is 17.8 Å². The second kappa shape index (κ2) is 9.95. The van der Waals surface area contributed by atoms with E-state index in [2.05, 4.69) is 12.2 Å². The Labute approximate surface area is 229 Å². The summed E-state index contributed by atoms with van der Waals surface area (Å²) in [6, 6.07) is 15.7. The molecule has 0 spiro atoms. The van der Waals surface area contributed by atoms with Crippen molar-refractivity contribution in [2.75, 3.05) is 5.32 Å². The third-order valence-electron chi connectivity index (χ3n) is 7.77. The number of aromatic nitrogens is 1. The summed E-state index contributed by atoms with van der Waals surface area (Å²) in [5.41, 5.74) is 7.77. The van der Waals surface area contributed by atoms with Crippen LogP contribution in [0.4, 0.5) is 5.69 Å². The van der Waals surface area contributed by atoms with Crippen molar-refractivity contribution in [3.05, 3.63) is 92.6 Å². The quantitative estimate of drug-likeness (QED) is 0.288. The van der Waals surface area contributed by atoms with E-state index in [1.165, 1.54) is 0 Å². The Hall–Kier alpha value is -3.57. The first-order valence-corrected chi connectivity index (χ1v) is 13.3. The van der Waals surface area contributed by atoms with Crippen molar-refractivity contribution in [1.82, 2.24) is 4.98 Å². The first kappa shape index (κ1) is 26.1. The molecule has 196 valence electrons. The maximum atomic E-state index is 13.4. The van der Waals surface area contributed by atoms with Gasteiger partial charge in [0.1, 0.15) is 18.1 Å². The van der Waals surface area contributed by atoms with E-state index in [9.17, 15) is 4.79 Å². The number of carbonyl (C=O) groups is 1. The molecule has 1 atom stereocenters. The van der Waals surface area contributed by atoms with E-state index in [0.29, 0.717) is 18.1 Å². The summed E-state index contributed by atoms with van der Waals surface area (Å²) >= 11 is 6.16. The number of ether oxygens (including phenoxy) is 2. The standard InChI is InChI=1S/C32H33ClN2O3/c1-18-8-7-9-19(2)28(18)35-31(36)32(6)15-14-26-22(5)29(20(3)21(4)30(26)38-32)37-17-25-13-11-23-10-12-24(33)16-27(23)34-25/h7-13,16H,14-15,17H2,1-6H3,(H,35,36). The second-order valence-corrected chi connectivity index (χ2v) is 10.9. The van der Waals surface area contributed by atoms with Crippen molar-refractivity contribution in [2.24, 2.45) is 0 Å². The molecule has 1 aromatic heterocycles. The molecule has 6 heteroatoms. The third kappa shape index (κ3) is 4.71. The van der Waals surface area contributed by atoms with E-state index < -0.39 is 5.60 Å². The SMILES string of the molecule is Cc1cccc(C)c1NC(=O)C1(C)CCc2c(C)c(OCc3ccc4ccc(Cl)cc4n3)c(C)c(C)c2O1. The van der Waals surface area contributed by atoms with Crippen LogP contribution >= 0.6 is 11.6 Å². The molecule has 0 bridgehead atoms. The van der Waals surface area contributed by atoms with Gasteiger partial charge < -0.3 is 14.8 Å². The predicted molar refractivity (Wildman–Crippen MR) is 154 cm³/mol. The maximum Gasteiger partial charge on any atom is 0.268 e. The third-order valence-corrected chi connectivity index (χ3v) is 8.00. The van der Waals surface area contributed by atoms with Gasteiger partial charge in [-0.25, -0.2) is 4.98 Å². The van der Waals surface area contributed by atoms with Crippen molar-refractivity contribution >= 4 is 34.1 Å². The van der Waals surface area contributed by atoms with Crippen molar-refractivity contribution in [1.29, 1.82) is 0 Å². The number of amides is 1. The number of carbonyl (C=O) groups excluding carboxylic acids is 1. The van der Waals surface area contributed by atoms with Crippen LogP contribution in [0.5, 0.6) is 11.5 Å². The largest absolute Gasteiger partial charge is 0.487 e. The highest BCUT2D eigenvalue weighted by Crippen LogP contribution is 2.44. The van der Waals surface area contributed by atoms with Crippen molar-refractivity contribution in [3.63, 3.8) is 0 Å². The highest BCUT2D eigenvalue weighted by molar-refractivity contribution is 6.31. The lowest BCUT2D eigenvalue weighted by atomic mass is 9.86. The number of hydrogen-bond acceptors (Lipinski definition) is 4. The zero-order chi connectivity index (χ0) is 27.2. The summed E-state index contributed by atoms with van der Waals surface area (Å²) in [6.07, 6.45) is 1.30. The van der Waals surface area contributed by atoms with Gasteiger partial charge in [0.25, 0.3) is 5.91 Å². The summed E-state index contributed by atoms with van der Waals surface area (Å²) < 4.78 is 12.9. The monoisotopic (exact) mass is 528 g/mol. The number of para-hydroxylation sites is 1. The smallest absolute Gasteiger partial charge is 0.268 e. The lowest BCUT2D eigenvalue weighted by Crippen LogP contribution is -2.48. The van der Waals surface area contributed by atoms with Gasteiger partial charge in [-0.3, -0.25) is 4.79 Å². The summed E-state index contributed by atoms with van der Waals surface area (Å²) in [5, 5.41) is 4.83. The second-order valence-electron chi connectivity index (χ2n) is 10.5. The van der Waals surface area contributed by atoms with Crippen LogP contribution in [0.25, 0.3) is 10.9 Å². The lowest BCUT2D eigenvalue weighted by molar-refractivity contribution is -0.131. The number of nitrogens with one attached hydrogen (secondary N) is 1. The van der Waals surface area contributed by atoms with Crippen LogP contribution in [0, 0.1) is 34.6 Å². The van der Waals surface area contributed by atoms with Crippen molar-refractivity contribution in [3.8, 4) is 11.5 Å². The molecule has 1 N–H and O–H groups in total. The van der Waals surface area contributed by atoms with E-state index >= 15 is 0 Å². The highest BCUT2D eigenvalue weighted by atomic mass is 35.5. The van der Waals surface area contributed by atoms with Crippen molar-refractivity contribution in [2.45, 2.75) is 66.6 Å². The molecule has 0 aliphatic carbocycles. The Morgan fingerprint density at radius 3 is 2.47 bits per heavy atom. The molecule has 0 fully saturated rings. The van der Waals surface area contributed by atoms with Crippen LogP contribution in [0.15, 0.2) is 48.5 Å². The molecule has 1 unspecified atom stereocenters. The van der Waals surface area contributed by atoms with Gasteiger partial charge in [-0.05, 0) is 94.0 Å².